The van der Waals surface area contributed by atoms with Crippen molar-refractivity contribution in [2.45, 2.75) is 38.3 Å². The Morgan fingerprint density at radius 3 is 2.86 bits per heavy atom. The van der Waals surface area contributed by atoms with E-state index in [0.717, 1.165) is 0 Å². The summed E-state index contributed by atoms with van der Waals surface area (Å²) >= 11 is 0. The Bertz CT molecular complexity index is 327. The summed E-state index contributed by atoms with van der Waals surface area (Å²) in [6.07, 6.45) is 5.09. The molecular weight excluding hydrogens is 176 g/mol. The van der Waals surface area contributed by atoms with Gasteiger partial charge in [0.2, 0.25) is 0 Å². The third kappa shape index (κ3) is 1.87. The van der Waals surface area contributed by atoms with E-state index in [0.29, 0.717) is 18.6 Å². The number of Topliss-reactive ketones (excluding diaryl/α,β-unsaturated/α-hetero) is 1. The van der Waals surface area contributed by atoms with Gasteiger partial charge in [-0.2, -0.15) is 0 Å². The monoisotopic (exact) mass is 192 g/mol. The zero-order valence-electron chi connectivity index (χ0n) is 8.63. The van der Waals surface area contributed by atoms with Gasteiger partial charge >= 0.3 is 0 Å². The van der Waals surface area contributed by atoms with Crippen LogP contribution in [0.1, 0.15) is 38.3 Å². The van der Waals surface area contributed by atoms with Gasteiger partial charge in [0.25, 0.3) is 0 Å². The Labute approximate surface area is 83.9 Å². The quantitative estimate of drug-likeness (QED) is 0.712. The number of nitrogens with one attached hydrogen (secondary N) is 2. The highest BCUT2D eigenvalue weighted by molar-refractivity contribution is 5.81. The van der Waals surface area contributed by atoms with Crippen LogP contribution in [0.2, 0.25) is 0 Å². The van der Waals surface area contributed by atoms with Crippen molar-refractivity contribution in [3.05, 3.63) is 24.0 Å². The third-order valence-corrected chi connectivity index (χ3v) is 2.66. The first kappa shape index (κ1) is 9.46. The molecule has 0 spiro atoms. The lowest BCUT2D eigenvalue weighted by Gasteiger charge is -2.36. The lowest BCUT2D eigenvalue weighted by atomic mass is 9.86. The first-order valence-electron chi connectivity index (χ1n) is 4.99. The average molecular weight is 192 g/mol. The van der Waals surface area contributed by atoms with Gasteiger partial charge in [0.15, 0.2) is 0 Å². The molecule has 3 heteroatoms. The maximum absolute atomic E-state index is 11.5. The Balaban J connectivity index is 2.18. The van der Waals surface area contributed by atoms with E-state index in [1.54, 1.807) is 0 Å². The molecule has 14 heavy (non-hydrogen) atoms. The topological polar surface area (TPSA) is 44.9 Å². The van der Waals surface area contributed by atoms with E-state index in [9.17, 15) is 4.79 Å². The van der Waals surface area contributed by atoms with E-state index in [4.69, 9.17) is 0 Å². The lowest BCUT2D eigenvalue weighted by molar-refractivity contribution is -0.122. The van der Waals surface area contributed by atoms with Crippen molar-refractivity contribution in [3.8, 4) is 0 Å². The predicted octanol–water partition coefficient (Wildman–Crippen LogP) is 1.79. The van der Waals surface area contributed by atoms with Gasteiger partial charge in [-0.05, 0) is 25.5 Å². The SMILES string of the molecule is CC1(C)CC(=O)CC(c2cc[nH]c2)N1. The Hall–Kier alpha value is -1.09. The van der Waals surface area contributed by atoms with Crippen LogP contribution in [0.3, 0.4) is 0 Å². The van der Waals surface area contributed by atoms with E-state index in [1.165, 1.54) is 5.56 Å². The van der Waals surface area contributed by atoms with Gasteiger partial charge in [0, 0.05) is 36.8 Å². The fourth-order valence-corrected chi connectivity index (χ4v) is 2.12. The average Bonchev–Trinajstić information content (AvgIpc) is 2.51. The number of hydrogen-bond donors (Lipinski definition) is 2. The minimum Gasteiger partial charge on any atom is -0.367 e. The number of aromatic amines is 1. The molecule has 1 fully saturated rings. The molecule has 2 heterocycles. The fourth-order valence-electron chi connectivity index (χ4n) is 2.12. The smallest absolute Gasteiger partial charge is 0.136 e. The van der Waals surface area contributed by atoms with E-state index < -0.39 is 0 Å². The number of hydrogen-bond acceptors (Lipinski definition) is 2. The first-order chi connectivity index (χ1) is 6.57. The lowest BCUT2D eigenvalue weighted by Crippen LogP contribution is -2.48. The molecule has 1 atom stereocenters. The highest BCUT2D eigenvalue weighted by atomic mass is 16.1. The predicted molar refractivity (Wildman–Crippen MR) is 55.0 cm³/mol. The van der Waals surface area contributed by atoms with Crippen LogP contribution in [0.25, 0.3) is 0 Å². The number of carbonyl (C=O) groups is 1. The van der Waals surface area contributed by atoms with E-state index in [-0.39, 0.29) is 11.6 Å². The first-order valence-corrected chi connectivity index (χ1v) is 4.99. The van der Waals surface area contributed by atoms with E-state index >= 15 is 0 Å². The third-order valence-electron chi connectivity index (χ3n) is 2.66. The highest BCUT2D eigenvalue weighted by Crippen LogP contribution is 2.28. The number of aromatic nitrogens is 1. The van der Waals surface area contributed by atoms with Crippen molar-refractivity contribution in [1.29, 1.82) is 0 Å². The van der Waals surface area contributed by atoms with Crippen molar-refractivity contribution in [1.82, 2.24) is 10.3 Å². The van der Waals surface area contributed by atoms with Gasteiger partial charge in [0.05, 0.1) is 0 Å². The largest absolute Gasteiger partial charge is 0.367 e. The van der Waals surface area contributed by atoms with Crippen molar-refractivity contribution in [2.75, 3.05) is 0 Å². The van der Waals surface area contributed by atoms with Crippen LogP contribution in [0, 0.1) is 0 Å². The van der Waals surface area contributed by atoms with Crippen LogP contribution >= 0.6 is 0 Å². The maximum atomic E-state index is 11.5. The van der Waals surface area contributed by atoms with Gasteiger partial charge in [-0.3, -0.25) is 4.79 Å². The molecule has 1 unspecified atom stereocenters. The molecule has 0 amide bonds. The van der Waals surface area contributed by atoms with Crippen molar-refractivity contribution in [3.63, 3.8) is 0 Å². The second kappa shape index (κ2) is 3.24. The molecule has 2 rings (SSSR count). The molecular formula is C11H16N2O. The molecule has 1 saturated heterocycles. The second-order valence-corrected chi connectivity index (χ2v) is 4.64. The summed E-state index contributed by atoms with van der Waals surface area (Å²) in [5.74, 6) is 0.347. The van der Waals surface area contributed by atoms with Gasteiger partial charge in [-0.15, -0.1) is 0 Å². The van der Waals surface area contributed by atoms with Gasteiger partial charge in [-0.1, -0.05) is 0 Å². The Morgan fingerprint density at radius 2 is 2.29 bits per heavy atom. The highest BCUT2D eigenvalue weighted by Gasteiger charge is 2.32. The van der Waals surface area contributed by atoms with Crippen LogP contribution in [-0.4, -0.2) is 16.3 Å². The summed E-state index contributed by atoms with van der Waals surface area (Å²) < 4.78 is 0. The number of rotatable bonds is 1. The molecule has 3 nitrogen and oxygen atoms in total. The summed E-state index contributed by atoms with van der Waals surface area (Å²) in [6.45, 7) is 4.15. The second-order valence-electron chi connectivity index (χ2n) is 4.64. The van der Waals surface area contributed by atoms with Crippen LogP contribution in [0.4, 0.5) is 0 Å². The Kier molecular flexibility index (Phi) is 2.19. The molecule has 0 bridgehead atoms. The van der Waals surface area contributed by atoms with Crippen molar-refractivity contribution < 1.29 is 4.79 Å². The van der Waals surface area contributed by atoms with Gasteiger partial charge in [-0.25, -0.2) is 0 Å². The minimum atomic E-state index is -0.0722. The molecule has 1 aliphatic heterocycles. The molecule has 2 N–H and O–H groups in total. The van der Waals surface area contributed by atoms with E-state index in [1.807, 2.05) is 18.5 Å². The van der Waals surface area contributed by atoms with Crippen molar-refractivity contribution >= 4 is 5.78 Å². The standard InChI is InChI=1S/C11H16N2O/c1-11(2)6-9(14)5-10(13-11)8-3-4-12-7-8/h3-4,7,10,12-13H,5-6H2,1-2H3. The maximum Gasteiger partial charge on any atom is 0.136 e. The zero-order chi connectivity index (χ0) is 10.2. The van der Waals surface area contributed by atoms with E-state index in [2.05, 4.69) is 24.1 Å². The number of carbonyl (C=O) groups excluding carboxylic acids is 1. The summed E-state index contributed by atoms with van der Waals surface area (Å²) in [5.41, 5.74) is 1.10. The van der Waals surface area contributed by atoms with Gasteiger partial charge in [0.1, 0.15) is 5.78 Å². The summed E-state index contributed by atoms with van der Waals surface area (Å²) in [5, 5.41) is 3.48. The van der Waals surface area contributed by atoms with Crippen LogP contribution in [0.5, 0.6) is 0 Å². The number of piperidine rings is 1. The number of H-pyrrole nitrogens is 1. The van der Waals surface area contributed by atoms with Crippen LogP contribution in [-0.2, 0) is 4.79 Å². The molecule has 76 valence electrons. The van der Waals surface area contributed by atoms with Crippen LogP contribution < -0.4 is 5.32 Å². The van der Waals surface area contributed by atoms with Crippen LogP contribution in [0.15, 0.2) is 18.5 Å². The zero-order valence-corrected chi connectivity index (χ0v) is 8.63. The molecule has 0 aliphatic carbocycles. The molecule has 1 aromatic rings. The molecule has 0 radical (unpaired) electrons. The summed E-state index contributed by atoms with van der Waals surface area (Å²) in [7, 11) is 0. The minimum absolute atomic E-state index is 0.0722. The van der Waals surface area contributed by atoms with Crippen molar-refractivity contribution in [2.24, 2.45) is 0 Å². The molecule has 1 aromatic heterocycles. The Morgan fingerprint density at radius 1 is 1.50 bits per heavy atom. The fraction of sp³-hybridized carbons (Fsp3) is 0.545. The normalized spacial score (nSPS) is 26.4. The summed E-state index contributed by atoms with van der Waals surface area (Å²) in [6, 6.07) is 2.20. The molecule has 0 aromatic carbocycles. The number of ketones is 1. The molecule has 1 aliphatic rings. The molecule has 0 saturated carbocycles. The van der Waals surface area contributed by atoms with Gasteiger partial charge < -0.3 is 10.3 Å². The summed E-state index contributed by atoms with van der Waals surface area (Å²) in [4.78, 5) is 14.6.